The molecule has 0 radical (unpaired) electrons. The van der Waals surface area contributed by atoms with Gasteiger partial charge in [-0.2, -0.15) is 0 Å². The number of nitrogens with zero attached hydrogens (tertiary/aromatic N) is 1. The lowest BCUT2D eigenvalue weighted by Gasteiger charge is -2.07. The summed E-state index contributed by atoms with van der Waals surface area (Å²) in [5, 5.41) is 10.3. The zero-order valence-electron chi connectivity index (χ0n) is 7.64. The Balaban J connectivity index is 2.75. The fraction of sp³-hybridized carbons (Fsp3) is 0.200. The van der Waals surface area contributed by atoms with E-state index in [1.807, 2.05) is 0 Å². The molecule has 1 atom stereocenters. The van der Waals surface area contributed by atoms with E-state index in [1.165, 1.54) is 24.3 Å². The van der Waals surface area contributed by atoms with Gasteiger partial charge in [-0.05, 0) is 19.1 Å². The quantitative estimate of drug-likeness (QED) is 0.417. The molecule has 0 aliphatic heterocycles. The molecule has 0 saturated carbocycles. The lowest BCUT2D eigenvalue weighted by atomic mass is 10.3. The average Bonchev–Trinajstić information content (AvgIpc) is 2.18. The van der Waals surface area contributed by atoms with Crippen LogP contribution in [0.2, 0.25) is 0 Å². The minimum absolute atomic E-state index is 0.0331. The number of hydrogen-bond donors (Lipinski definition) is 0. The van der Waals surface area contributed by atoms with Crippen LogP contribution >= 0.6 is 0 Å². The molecule has 0 spiro atoms. The van der Waals surface area contributed by atoms with E-state index in [0.29, 0.717) is 5.75 Å². The summed E-state index contributed by atoms with van der Waals surface area (Å²) >= 11 is 0. The molecule has 4 heteroatoms. The third-order valence-corrected chi connectivity index (χ3v) is 1.60. The Morgan fingerprint density at radius 3 is 2.50 bits per heavy atom. The first-order valence-corrected chi connectivity index (χ1v) is 4.00. The minimum Gasteiger partial charge on any atom is -0.478 e. The molecule has 0 saturated heterocycles. The standard InChI is InChI=1S/C10H9NO3/c1-3-8(2)14-10-6-4-9(5-7-10)11(12)13/h1,4-8H,2H3/t8-/m1/s1. The minimum atomic E-state index is -0.464. The molecular formula is C10H9NO3. The van der Waals surface area contributed by atoms with Crippen LogP contribution in [-0.4, -0.2) is 11.0 Å². The fourth-order valence-electron chi connectivity index (χ4n) is 0.885. The van der Waals surface area contributed by atoms with E-state index in [2.05, 4.69) is 5.92 Å². The third-order valence-electron chi connectivity index (χ3n) is 1.60. The van der Waals surface area contributed by atoms with Crippen molar-refractivity contribution in [3.05, 3.63) is 34.4 Å². The van der Waals surface area contributed by atoms with Gasteiger partial charge in [0, 0.05) is 12.1 Å². The summed E-state index contributed by atoms with van der Waals surface area (Å²) in [6, 6.07) is 5.79. The average molecular weight is 191 g/mol. The molecule has 0 aliphatic rings. The Morgan fingerprint density at radius 1 is 1.50 bits per heavy atom. The van der Waals surface area contributed by atoms with E-state index < -0.39 is 4.92 Å². The zero-order valence-corrected chi connectivity index (χ0v) is 7.64. The highest BCUT2D eigenvalue weighted by molar-refractivity contribution is 5.36. The number of nitro benzene ring substituents is 1. The van der Waals surface area contributed by atoms with Gasteiger partial charge in [0.25, 0.3) is 5.69 Å². The SMILES string of the molecule is C#C[C@@H](C)Oc1ccc([N+](=O)[O-])cc1. The van der Waals surface area contributed by atoms with Crippen molar-refractivity contribution in [3.63, 3.8) is 0 Å². The highest BCUT2D eigenvalue weighted by atomic mass is 16.6. The molecule has 0 bridgehead atoms. The molecule has 0 unspecified atom stereocenters. The Hall–Kier alpha value is -2.02. The molecule has 0 N–H and O–H groups in total. The first-order chi connectivity index (χ1) is 6.63. The van der Waals surface area contributed by atoms with Crippen molar-refractivity contribution in [2.45, 2.75) is 13.0 Å². The number of terminal acetylenes is 1. The van der Waals surface area contributed by atoms with Crippen LogP contribution in [0.1, 0.15) is 6.92 Å². The predicted molar refractivity (Wildman–Crippen MR) is 52.0 cm³/mol. The van der Waals surface area contributed by atoms with Gasteiger partial charge in [-0.3, -0.25) is 10.1 Å². The molecule has 72 valence electrons. The number of hydrogen-bond acceptors (Lipinski definition) is 3. The third kappa shape index (κ3) is 2.49. The molecule has 1 aromatic carbocycles. The van der Waals surface area contributed by atoms with Gasteiger partial charge in [0.2, 0.25) is 0 Å². The monoisotopic (exact) mass is 191 g/mol. The number of nitro groups is 1. The van der Waals surface area contributed by atoms with Crippen LogP contribution < -0.4 is 4.74 Å². The van der Waals surface area contributed by atoms with Gasteiger partial charge < -0.3 is 4.74 Å². The second kappa shape index (κ2) is 4.28. The van der Waals surface area contributed by atoms with Crippen LogP contribution in [0, 0.1) is 22.5 Å². The fourth-order valence-corrected chi connectivity index (χ4v) is 0.885. The van der Waals surface area contributed by atoms with Crippen molar-refractivity contribution in [1.82, 2.24) is 0 Å². The van der Waals surface area contributed by atoms with Crippen LogP contribution in [0.3, 0.4) is 0 Å². The van der Waals surface area contributed by atoms with Crippen LogP contribution in [-0.2, 0) is 0 Å². The summed E-state index contributed by atoms with van der Waals surface area (Å²) in [5.41, 5.74) is 0.0331. The molecule has 1 aromatic rings. The normalized spacial score (nSPS) is 11.4. The van der Waals surface area contributed by atoms with Crippen molar-refractivity contribution in [2.24, 2.45) is 0 Å². The van der Waals surface area contributed by atoms with Gasteiger partial charge in [0.05, 0.1) is 4.92 Å². The molecule has 1 rings (SSSR count). The van der Waals surface area contributed by atoms with Gasteiger partial charge in [-0.25, -0.2) is 0 Å². The Labute approximate surface area is 81.7 Å². The molecule has 0 fully saturated rings. The van der Waals surface area contributed by atoms with E-state index in [0.717, 1.165) is 0 Å². The smallest absolute Gasteiger partial charge is 0.269 e. The maximum Gasteiger partial charge on any atom is 0.269 e. The van der Waals surface area contributed by atoms with E-state index in [-0.39, 0.29) is 11.8 Å². The molecule has 0 amide bonds. The van der Waals surface area contributed by atoms with Crippen LogP contribution in [0.15, 0.2) is 24.3 Å². The van der Waals surface area contributed by atoms with Crippen molar-refractivity contribution in [3.8, 4) is 18.1 Å². The number of benzene rings is 1. The zero-order chi connectivity index (χ0) is 10.6. The van der Waals surface area contributed by atoms with Crippen molar-refractivity contribution in [1.29, 1.82) is 0 Å². The first kappa shape index (κ1) is 10.1. The van der Waals surface area contributed by atoms with Crippen molar-refractivity contribution < 1.29 is 9.66 Å². The number of non-ortho nitro benzene ring substituents is 1. The van der Waals surface area contributed by atoms with E-state index in [9.17, 15) is 10.1 Å². The molecule has 0 aliphatic carbocycles. The van der Waals surface area contributed by atoms with E-state index in [1.54, 1.807) is 6.92 Å². The summed E-state index contributed by atoms with van der Waals surface area (Å²) in [4.78, 5) is 9.86. The van der Waals surface area contributed by atoms with Crippen LogP contribution in [0.4, 0.5) is 5.69 Å². The molecule has 14 heavy (non-hydrogen) atoms. The molecule has 0 aromatic heterocycles. The molecular weight excluding hydrogens is 182 g/mol. The molecule has 0 heterocycles. The van der Waals surface area contributed by atoms with Gasteiger partial charge in [0.1, 0.15) is 5.75 Å². The summed E-state index contributed by atoms with van der Waals surface area (Å²) in [5.74, 6) is 2.92. The highest BCUT2D eigenvalue weighted by Crippen LogP contribution is 2.17. The largest absolute Gasteiger partial charge is 0.478 e. The summed E-state index contributed by atoms with van der Waals surface area (Å²) in [7, 11) is 0. The topological polar surface area (TPSA) is 52.4 Å². The first-order valence-electron chi connectivity index (χ1n) is 4.00. The van der Waals surface area contributed by atoms with Crippen molar-refractivity contribution in [2.75, 3.05) is 0 Å². The Kier molecular flexibility index (Phi) is 3.08. The van der Waals surface area contributed by atoms with Crippen molar-refractivity contribution >= 4 is 5.69 Å². The number of rotatable bonds is 3. The molecule has 4 nitrogen and oxygen atoms in total. The summed E-state index contributed by atoms with van der Waals surface area (Å²) < 4.78 is 5.24. The maximum absolute atomic E-state index is 10.3. The van der Waals surface area contributed by atoms with Gasteiger partial charge >= 0.3 is 0 Å². The lowest BCUT2D eigenvalue weighted by molar-refractivity contribution is -0.384. The lowest BCUT2D eigenvalue weighted by Crippen LogP contribution is -2.07. The Morgan fingerprint density at radius 2 is 2.07 bits per heavy atom. The van der Waals surface area contributed by atoms with Crippen LogP contribution in [0.5, 0.6) is 5.75 Å². The van der Waals surface area contributed by atoms with Gasteiger partial charge in [-0.1, -0.05) is 5.92 Å². The second-order valence-electron chi connectivity index (χ2n) is 2.68. The summed E-state index contributed by atoms with van der Waals surface area (Å²) in [6.07, 6.45) is 4.78. The number of ether oxygens (including phenoxy) is 1. The predicted octanol–water partition coefficient (Wildman–Crippen LogP) is 2.00. The van der Waals surface area contributed by atoms with E-state index in [4.69, 9.17) is 11.2 Å². The van der Waals surface area contributed by atoms with Crippen LogP contribution in [0.25, 0.3) is 0 Å². The summed E-state index contributed by atoms with van der Waals surface area (Å²) in [6.45, 7) is 1.72. The highest BCUT2D eigenvalue weighted by Gasteiger charge is 2.05. The Bertz CT molecular complexity index is 364. The van der Waals surface area contributed by atoms with E-state index >= 15 is 0 Å². The van der Waals surface area contributed by atoms with Gasteiger partial charge in [-0.15, -0.1) is 6.42 Å². The van der Waals surface area contributed by atoms with Gasteiger partial charge in [0.15, 0.2) is 6.10 Å². The second-order valence-corrected chi connectivity index (χ2v) is 2.68. The maximum atomic E-state index is 10.3.